The van der Waals surface area contributed by atoms with Crippen LogP contribution in [0, 0.1) is 0 Å². The molecule has 0 saturated carbocycles. The minimum atomic E-state index is -0.582. The highest BCUT2D eigenvalue weighted by molar-refractivity contribution is 9.10. The standard InChI is InChI=1S/C20H19BrN4O2S/c1-12(26)24-16-7-5-4-6-15(16)17-19(27)23(2)20(28-3)22-25(17)18(24)13-8-10-14(21)11-9-13/h4-11,17-18H,1-3H3/t17-,18-/m1/s1. The zero-order valence-corrected chi connectivity index (χ0v) is 18.1. The van der Waals surface area contributed by atoms with Crippen molar-refractivity contribution in [2.75, 3.05) is 18.2 Å². The number of anilines is 1. The molecule has 0 aliphatic carbocycles. The topological polar surface area (TPSA) is 56.2 Å². The average molecular weight is 459 g/mol. The SMILES string of the molecule is CSC1=NN2[C@H](c3ccc(Br)cc3)N(C(C)=O)c3ccccc3[C@@H]2C(=O)N1C. The summed E-state index contributed by atoms with van der Waals surface area (Å²) >= 11 is 4.87. The third-order valence-electron chi connectivity index (χ3n) is 4.99. The first-order valence-electron chi connectivity index (χ1n) is 8.76. The molecule has 0 aromatic heterocycles. The van der Waals surface area contributed by atoms with E-state index in [0.717, 1.165) is 21.3 Å². The summed E-state index contributed by atoms with van der Waals surface area (Å²) in [4.78, 5) is 29.3. The Balaban J connectivity index is 1.99. The summed E-state index contributed by atoms with van der Waals surface area (Å²) in [6, 6.07) is 14.7. The number of hydrogen-bond acceptors (Lipinski definition) is 5. The first kappa shape index (κ1) is 19.0. The molecule has 2 aliphatic heterocycles. The monoisotopic (exact) mass is 458 g/mol. The molecule has 0 N–H and O–H groups in total. The Morgan fingerprint density at radius 3 is 2.46 bits per heavy atom. The molecule has 0 saturated heterocycles. The van der Waals surface area contributed by atoms with Crippen LogP contribution in [0.4, 0.5) is 5.69 Å². The van der Waals surface area contributed by atoms with Crippen molar-refractivity contribution in [3.05, 3.63) is 64.1 Å². The summed E-state index contributed by atoms with van der Waals surface area (Å²) < 4.78 is 0.946. The number of hydrazone groups is 1. The Kier molecular flexibility index (Phi) is 4.93. The molecule has 6 nitrogen and oxygen atoms in total. The zero-order chi connectivity index (χ0) is 20.0. The maximum absolute atomic E-state index is 13.3. The quantitative estimate of drug-likeness (QED) is 0.648. The van der Waals surface area contributed by atoms with Crippen LogP contribution >= 0.6 is 27.7 Å². The van der Waals surface area contributed by atoms with E-state index in [1.807, 2.05) is 54.8 Å². The lowest BCUT2D eigenvalue weighted by Crippen LogP contribution is -2.55. The van der Waals surface area contributed by atoms with Crippen molar-refractivity contribution in [2.45, 2.75) is 19.1 Å². The normalized spacial score (nSPS) is 21.2. The van der Waals surface area contributed by atoms with Gasteiger partial charge < -0.3 is 0 Å². The van der Waals surface area contributed by atoms with E-state index in [2.05, 4.69) is 15.9 Å². The lowest BCUT2D eigenvalue weighted by atomic mass is 9.95. The second-order valence-corrected chi connectivity index (χ2v) is 8.33. The van der Waals surface area contributed by atoms with Crippen molar-refractivity contribution < 1.29 is 9.59 Å². The molecule has 8 heteroatoms. The van der Waals surface area contributed by atoms with Crippen molar-refractivity contribution in [1.82, 2.24) is 9.91 Å². The van der Waals surface area contributed by atoms with E-state index in [1.54, 1.807) is 28.8 Å². The van der Waals surface area contributed by atoms with E-state index in [0.29, 0.717) is 5.17 Å². The molecule has 4 rings (SSSR count). The molecule has 2 aromatic rings. The molecule has 0 bridgehead atoms. The van der Waals surface area contributed by atoms with E-state index in [9.17, 15) is 9.59 Å². The van der Waals surface area contributed by atoms with Crippen LogP contribution in [0.5, 0.6) is 0 Å². The highest BCUT2D eigenvalue weighted by atomic mass is 79.9. The number of para-hydroxylation sites is 1. The second-order valence-electron chi connectivity index (χ2n) is 6.64. The summed E-state index contributed by atoms with van der Waals surface area (Å²) in [6.45, 7) is 1.54. The van der Waals surface area contributed by atoms with Crippen LogP contribution < -0.4 is 4.90 Å². The molecule has 0 spiro atoms. The third-order valence-corrected chi connectivity index (χ3v) is 6.24. The lowest BCUT2D eigenvalue weighted by Gasteiger charge is -2.49. The van der Waals surface area contributed by atoms with Gasteiger partial charge in [0.05, 0.1) is 5.69 Å². The Morgan fingerprint density at radius 2 is 1.82 bits per heavy atom. The van der Waals surface area contributed by atoms with Crippen LogP contribution in [0.1, 0.15) is 30.3 Å². The number of nitrogens with zero attached hydrogens (tertiary/aromatic N) is 4. The van der Waals surface area contributed by atoms with Gasteiger partial charge in [-0.2, -0.15) is 0 Å². The average Bonchev–Trinajstić information content (AvgIpc) is 2.69. The van der Waals surface area contributed by atoms with Crippen LogP contribution in [0.25, 0.3) is 0 Å². The Labute approximate surface area is 176 Å². The molecule has 28 heavy (non-hydrogen) atoms. The number of thioether (sulfide) groups is 1. The highest BCUT2D eigenvalue weighted by Crippen LogP contribution is 2.47. The maximum Gasteiger partial charge on any atom is 0.257 e. The van der Waals surface area contributed by atoms with E-state index < -0.39 is 12.2 Å². The molecule has 0 fully saturated rings. The second kappa shape index (κ2) is 7.25. The number of fused-ring (bicyclic) bond motifs is 3. The number of carbonyl (C=O) groups excluding carboxylic acids is 2. The molecular formula is C20H19BrN4O2S. The van der Waals surface area contributed by atoms with Crippen LogP contribution in [0.15, 0.2) is 58.1 Å². The van der Waals surface area contributed by atoms with Gasteiger partial charge in [-0.15, -0.1) is 5.10 Å². The first-order chi connectivity index (χ1) is 13.4. The van der Waals surface area contributed by atoms with Crippen LogP contribution in [-0.4, -0.2) is 40.2 Å². The van der Waals surface area contributed by atoms with Crippen molar-refractivity contribution in [2.24, 2.45) is 5.10 Å². The molecule has 0 unspecified atom stereocenters. The molecular weight excluding hydrogens is 440 g/mol. The van der Waals surface area contributed by atoms with Gasteiger partial charge in [0.15, 0.2) is 17.4 Å². The Hall–Kier alpha value is -2.32. The number of likely N-dealkylation sites (N-methyl/N-ethyl adjacent to an activating group) is 1. The van der Waals surface area contributed by atoms with Gasteiger partial charge in [0, 0.05) is 24.0 Å². The number of benzene rings is 2. The van der Waals surface area contributed by atoms with Crippen molar-refractivity contribution in [1.29, 1.82) is 0 Å². The number of amidine groups is 1. The van der Waals surface area contributed by atoms with E-state index in [-0.39, 0.29) is 11.8 Å². The van der Waals surface area contributed by atoms with Gasteiger partial charge in [-0.1, -0.05) is 58.0 Å². The fraction of sp³-hybridized carbons (Fsp3) is 0.250. The van der Waals surface area contributed by atoms with Gasteiger partial charge in [-0.05, 0) is 30.0 Å². The predicted molar refractivity (Wildman–Crippen MR) is 115 cm³/mol. The van der Waals surface area contributed by atoms with Gasteiger partial charge in [0.1, 0.15) is 0 Å². The molecule has 144 valence electrons. The van der Waals surface area contributed by atoms with E-state index in [4.69, 9.17) is 5.10 Å². The fourth-order valence-corrected chi connectivity index (χ4v) is 4.53. The smallest absolute Gasteiger partial charge is 0.257 e. The number of carbonyl (C=O) groups is 2. The minimum absolute atomic E-state index is 0.0582. The fourth-order valence-electron chi connectivity index (χ4n) is 3.73. The summed E-state index contributed by atoms with van der Waals surface area (Å²) in [7, 11) is 1.74. The zero-order valence-electron chi connectivity index (χ0n) is 15.7. The number of halogens is 1. The van der Waals surface area contributed by atoms with Gasteiger partial charge in [-0.25, -0.2) is 0 Å². The third kappa shape index (κ3) is 2.91. The number of amides is 2. The van der Waals surface area contributed by atoms with Gasteiger partial charge in [0.2, 0.25) is 5.91 Å². The Bertz CT molecular complexity index is 978. The molecule has 0 radical (unpaired) electrons. The summed E-state index contributed by atoms with van der Waals surface area (Å²) in [5.41, 5.74) is 2.42. The van der Waals surface area contributed by atoms with E-state index in [1.165, 1.54) is 11.8 Å². The number of rotatable bonds is 1. The van der Waals surface area contributed by atoms with Crippen LogP contribution in [-0.2, 0) is 9.59 Å². The van der Waals surface area contributed by atoms with Crippen LogP contribution in [0.3, 0.4) is 0 Å². The van der Waals surface area contributed by atoms with Crippen molar-refractivity contribution >= 4 is 50.4 Å². The molecule has 2 heterocycles. The lowest BCUT2D eigenvalue weighted by molar-refractivity contribution is -0.136. The van der Waals surface area contributed by atoms with Gasteiger partial charge in [0.25, 0.3) is 5.91 Å². The Morgan fingerprint density at radius 1 is 1.14 bits per heavy atom. The molecule has 2 aliphatic rings. The maximum atomic E-state index is 13.3. The first-order valence-corrected chi connectivity index (χ1v) is 10.8. The molecule has 2 atom stereocenters. The summed E-state index contributed by atoms with van der Waals surface area (Å²) in [5, 5.41) is 7.15. The number of hydrogen-bond donors (Lipinski definition) is 0. The van der Waals surface area contributed by atoms with E-state index >= 15 is 0 Å². The van der Waals surface area contributed by atoms with Crippen LogP contribution in [0.2, 0.25) is 0 Å². The summed E-state index contributed by atoms with van der Waals surface area (Å²) in [6.07, 6.45) is 1.38. The predicted octanol–water partition coefficient (Wildman–Crippen LogP) is 3.96. The van der Waals surface area contributed by atoms with Crippen molar-refractivity contribution in [3.8, 4) is 0 Å². The molecule has 2 amide bonds. The van der Waals surface area contributed by atoms with Crippen molar-refractivity contribution in [3.63, 3.8) is 0 Å². The van der Waals surface area contributed by atoms with Gasteiger partial charge in [-0.3, -0.25) is 24.4 Å². The minimum Gasteiger partial charge on any atom is -0.291 e. The largest absolute Gasteiger partial charge is 0.291 e. The van der Waals surface area contributed by atoms with Gasteiger partial charge >= 0.3 is 0 Å². The summed E-state index contributed by atoms with van der Waals surface area (Å²) in [5.74, 6) is -0.164. The highest BCUT2D eigenvalue weighted by Gasteiger charge is 2.48. The molecule has 2 aromatic carbocycles.